The van der Waals surface area contributed by atoms with Gasteiger partial charge in [-0.15, -0.1) is 0 Å². The Balaban J connectivity index is 0.983. The van der Waals surface area contributed by atoms with E-state index in [1.165, 1.54) is 77.4 Å². The Morgan fingerprint density at radius 1 is 0.243 bits per heavy atom. The van der Waals surface area contributed by atoms with Gasteiger partial charge >= 0.3 is 0 Å². The first-order valence-corrected chi connectivity index (χ1v) is 25.4. The lowest BCUT2D eigenvalue weighted by molar-refractivity contribution is 1.18. The molecule has 0 fully saturated rings. The summed E-state index contributed by atoms with van der Waals surface area (Å²) < 4.78 is 2.40. The van der Waals surface area contributed by atoms with E-state index >= 15 is 0 Å². The Hall–Kier alpha value is -9.76. The molecule has 0 radical (unpaired) electrons. The molecule has 0 atom stereocenters. The summed E-state index contributed by atoms with van der Waals surface area (Å²) in [5.41, 5.74) is 23.3. The van der Waals surface area contributed by atoms with Gasteiger partial charge in [0.25, 0.3) is 0 Å². The number of nitrogens with zero attached hydrogens (tertiary/aromatic N) is 2. The highest BCUT2D eigenvalue weighted by atomic mass is 15.1. The van der Waals surface area contributed by atoms with Crippen LogP contribution >= 0.6 is 0 Å². The summed E-state index contributed by atoms with van der Waals surface area (Å²) in [6.07, 6.45) is 0. The smallest absolute Gasteiger partial charge is 0.0547 e. The molecule has 0 unspecified atom stereocenters. The number of anilines is 3. The molecule has 0 aliphatic rings. The molecule has 0 aliphatic carbocycles. The Kier molecular flexibility index (Phi) is 11.6. The second kappa shape index (κ2) is 19.4. The fraction of sp³-hybridized carbons (Fsp3) is 0. The molecule has 0 aliphatic heterocycles. The molecular weight excluding hydrogens is 893 g/mol. The van der Waals surface area contributed by atoms with Crippen molar-refractivity contribution in [2.24, 2.45) is 0 Å². The highest BCUT2D eigenvalue weighted by Gasteiger charge is 2.22. The number of hydrogen-bond donors (Lipinski definition) is 0. The first-order chi connectivity index (χ1) is 36.7. The molecule has 0 saturated carbocycles. The predicted molar refractivity (Wildman–Crippen MR) is 314 cm³/mol. The molecule has 13 rings (SSSR count). The summed E-state index contributed by atoms with van der Waals surface area (Å²) in [6.45, 7) is 0. The van der Waals surface area contributed by atoms with Crippen molar-refractivity contribution in [3.8, 4) is 83.6 Å². The minimum atomic E-state index is 1.06. The van der Waals surface area contributed by atoms with Crippen LogP contribution in [-0.2, 0) is 0 Å². The van der Waals surface area contributed by atoms with Gasteiger partial charge in [-0.25, -0.2) is 0 Å². The second-order valence-electron chi connectivity index (χ2n) is 18.8. The fourth-order valence-electron chi connectivity index (χ4n) is 11.0. The first-order valence-electron chi connectivity index (χ1n) is 25.4. The Morgan fingerprint density at radius 2 is 0.676 bits per heavy atom. The molecule has 12 aromatic carbocycles. The van der Waals surface area contributed by atoms with E-state index in [0.29, 0.717) is 0 Å². The van der Waals surface area contributed by atoms with Gasteiger partial charge in [-0.05, 0) is 127 Å². The number of hydrogen-bond acceptors (Lipinski definition) is 1. The van der Waals surface area contributed by atoms with Crippen LogP contribution < -0.4 is 4.90 Å². The molecule has 13 aromatic rings. The maximum Gasteiger partial charge on any atom is 0.0547 e. The monoisotopic (exact) mass is 942 g/mol. The van der Waals surface area contributed by atoms with Crippen LogP contribution in [0.15, 0.2) is 303 Å². The standard InChI is InChI=1S/C72H50N2/c1-5-22-51(23-6-1)52-42-44-55(45-43-52)62-33-15-17-39-68(62)73(60-31-19-28-57(50-60)65-38-21-41-70-72(65)67-35-16-18-40-69(67)74(70)58-29-11-4-12-30-58)59-48-46-56(47-49-59)64-37-20-36-63(54-26-9-3-10-27-54)71(64)66-34-14-13-32-61(66)53-24-7-2-8-25-53/h1-50H. The van der Waals surface area contributed by atoms with Crippen molar-refractivity contribution >= 4 is 38.9 Å². The second-order valence-corrected chi connectivity index (χ2v) is 18.8. The van der Waals surface area contributed by atoms with Gasteiger partial charge in [-0.3, -0.25) is 0 Å². The number of aromatic nitrogens is 1. The van der Waals surface area contributed by atoms with E-state index in [1.807, 2.05) is 0 Å². The molecule has 0 N–H and O–H groups in total. The molecule has 74 heavy (non-hydrogen) atoms. The van der Waals surface area contributed by atoms with Crippen molar-refractivity contribution in [2.45, 2.75) is 0 Å². The minimum Gasteiger partial charge on any atom is -0.310 e. The lowest BCUT2D eigenvalue weighted by Crippen LogP contribution is -2.11. The molecule has 0 spiro atoms. The summed E-state index contributed by atoms with van der Waals surface area (Å²) >= 11 is 0. The summed E-state index contributed by atoms with van der Waals surface area (Å²) in [4.78, 5) is 2.44. The van der Waals surface area contributed by atoms with Crippen LogP contribution in [0, 0.1) is 0 Å². The highest BCUT2D eigenvalue weighted by molar-refractivity contribution is 6.16. The average Bonchev–Trinajstić information content (AvgIpc) is 3.86. The lowest BCUT2D eigenvalue weighted by atomic mass is 9.84. The van der Waals surface area contributed by atoms with Gasteiger partial charge < -0.3 is 9.47 Å². The summed E-state index contributed by atoms with van der Waals surface area (Å²) in [7, 11) is 0. The van der Waals surface area contributed by atoms with E-state index in [9.17, 15) is 0 Å². The Bertz CT molecular complexity index is 4080. The normalized spacial score (nSPS) is 11.2. The van der Waals surface area contributed by atoms with Crippen LogP contribution in [0.1, 0.15) is 0 Å². The van der Waals surface area contributed by atoms with Crippen molar-refractivity contribution in [1.29, 1.82) is 0 Å². The lowest BCUT2D eigenvalue weighted by Gasteiger charge is -2.29. The van der Waals surface area contributed by atoms with E-state index in [2.05, 4.69) is 313 Å². The fourth-order valence-corrected chi connectivity index (χ4v) is 11.0. The summed E-state index contributed by atoms with van der Waals surface area (Å²) in [5, 5.41) is 2.47. The maximum absolute atomic E-state index is 2.44. The maximum atomic E-state index is 2.44. The Labute approximate surface area is 433 Å². The molecular formula is C72H50N2. The van der Waals surface area contributed by atoms with E-state index in [4.69, 9.17) is 0 Å². The van der Waals surface area contributed by atoms with Crippen LogP contribution in [0.5, 0.6) is 0 Å². The highest BCUT2D eigenvalue weighted by Crippen LogP contribution is 2.47. The quantitative estimate of drug-likeness (QED) is 0.125. The molecule has 0 amide bonds. The number of para-hydroxylation sites is 3. The van der Waals surface area contributed by atoms with Gasteiger partial charge in [0.05, 0.1) is 16.7 Å². The van der Waals surface area contributed by atoms with Crippen LogP contribution in [0.2, 0.25) is 0 Å². The summed E-state index contributed by atoms with van der Waals surface area (Å²) in [6, 6.07) is 110. The largest absolute Gasteiger partial charge is 0.310 e. The molecule has 0 saturated heterocycles. The van der Waals surface area contributed by atoms with Crippen LogP contribution in [0.25, 0.3) is 105 Å². The van der Waals surface area contributed by atoms with Crippen LogP contribution in [0.4, 0.5) is 17.1 Å². The van der Waals surface area contributed by atoms with Crippen LogP contribution in [-0.4, -0.2) is 4.57 Å². The van der Waals surface area contributed by atoms with Gasteiger partial charge in [-0.2, -0.15) is 0 Å². The SMILES string of the molecule is c1ccc(-c2ccc(-c3ccccc3N(c3ccc(-c4cccc(-c5ccccc5)c4-c4ccccc4-c4ccccc4)cc3)c3cccc(-c4cccc5c4c4ccccc4n5-c4ccccc4)c3)cc2)cc1. The van der Waals surface area contributed by atoms with Crippen LogP contribution in [0.3, 0.4) is 0 Å². The van der Waals surface area contributed by atoms with E-state index in [1.54, 1.807) is 0 Å². The van der Waals surface area contributed by atoms with E-state index in [0.717, 1.165) is 45.0 Å². The molecule has 2 heteroatoms. The third kappa shape index (κ3) is 8.15. The van der Waals surface area contributed by atoms with Gasteiger partial charge in [0.15, 0.2) is 0 Å². The molecule has 1 heterocycles. The topological polar surface area (TPSA) is 8.17 Å². The minimum absolute atomic E-state index is 1.06. The van der Waals surface area contributed by atoms with Gasteiger partial charge in [0.1, 0.15) is 0 Å². The molecule has 1 aromatic heterocycles. The third-order valence-electron chi connectivity index (χ3n) is 14.4. The van der Waals surface area contributed by atoms with Gasteiger partial charge in [0, 0.05) is 33.4 Å². The third-order valence-corrected chi connectivity index (χ3v) is 14.4. The number of benzene rings is 12. The van der Waals surface area contributed by atoms with Crippen molar-refractivity contribution in [3.63, 3.8) is 0 Å². The predicted octanol–water partition coefficient (Wildman–Crippen LogP) is 19.9. The molecule has 2 nitrogen and oxygen atoms in total. The Morgan fingerprint density at radius 3 is 1.38 bits per heavy atom. The van der Waals surface area contributed by atoms with Crippen molar-refractivity contribution < 1.29 is 0 Å². The van der Waals surface area contributed by atoms with Gasteiger partial charge in [0.2, 0.25) is 0 Å². The first kappa shape index (κ1) is 44.2. The average molecular weight is 943 g/mol. The van der Waals surface area contributed by atoms with Crippen molar-refractivity contribution in [2.75, 3.05) is 4.90 Å². The zero-order valence-corrected chi connectivity index (χ0v) is 40.8. The molecule has 348 valence electrons. The van der Waals surface area contributed by atoms with Crippen molar-refractivity contribution in [1.82, 2.24) is 4.57 Å². The van der Waals surface area contributed by atoms with Crippen molar-refractivity contribution in [3.05, 3.63) is 303 Å². The van der Waals surface area contributed by atoms with Gasteiger partial charge in [-0.1, -0.05) is 249 Å². The van der Waals surface area contributed by atoms with E-state index < -0.39 is 0 Å². The number of fused-ring (bicyclic) bond motifs is 3. The zero-order chi connectivity index (χ0) is 49.2. The zero-order valence-electron chi connectivity index (χ0n) is 40.8. The summed E-state index contributed by atoms with van der Waals surface area (Å²) in [5.74, 6) is 0. The van der Waals surface area contributed by atoms with E-state index in [-0.39, 0.29) is 0 Å². The number of rotatable bonds is 11. The molecule has 0 bridgehead atoms.